The quantitative estimate of drug-likeness (QED) is 0.654. The molecule has 1 aliphatic carbocycles. The maximum absolute atomic E-state index is 9.92. The van der Waals surface area contributed by atoms with E-state index in [9.17, 15) is 5.11 Å². The number of methoxy groups -OCH3 is 1. The predicted molar refractivity (Wildman–Crippen MR) is 127 cm³/mol. The van der Waals surface area contributed by atoms with Crippen molar-refractivity contribution in [3.8, 4) is 17.0 Å². The van der Waals surface area contributed by atoms with Crippen LogP contribution in [0.2, 0.25) is 0 Å². The Labute approximate surface area is 187 Å². The first-order valence-corrected chi connectivity index (χ1v) is 10.7. The Morgan fingerprint density at radius 1 is 1.26 bits per heavy atom. The summed E-state index contributed by atoms with van der Waals surface area (Å²) in [6.07, 6.45) is 14.6. The van der Waals surface area contributed by atoms with Gasteiger partial charge in [0.1, 0.15) is 17.3 Å². The van der Waals surface area contributed by atoms with E-state index in [-0.39, 0.29) is 11.7 Å². The number of hydrogen-bond acceptors (Lipinski definition) is 4. The SMILES string of the molecule is CCc1cc(OC)cc(-c2cnc3n2C=C(C2=C(Cl)CC=C(O)C=C2)C(CN)C=C3)c1. The van der Waals surface area contributed by atoms with Crippen molar-refractivity contribution in [2.75, 3.05) is 13.7 Å². The predicted octanol–water partition coefficient (Wildman–Crippen LogP) is 5.46. The fourth-order valence-corrected chi connectivity index (χ4v) is 4.13. The number of aliphatic hydroxyl groups excluding tert-OH is 1. The van der Waals surface area contributed by atoms with Gasteiger partial charge in [-0.15, -0.1) is 0 Å². The Morgan fingerprint density at radius 2 is 2.10 bits per heavy atom. The topological polar surface area (TPSA) is 73.3 Å². The largest absolute Gasteiger partial charge is 0.508 e. The molecule has 1 aromatic heterocycles. The summed E-state index contributed by atoms with van der Waals surface area (Å²) in [5.74, 6) is 1.81. The number of imidazole rings is 1. The second-order valence-electron chi connectivity index (χ2n) is 7.57. The third-order valence-corrected chi connectivity index (χ3v) is 6.00. The molecule has 4 rings (SSSR count). The molecule has 2 heterocycles. The van der Waals surface area contributed by atoms with Gasteiger partial charge in [0.2, 0.25) is 0 Å². The van der Waals surface area contributed by atoms with E-state index in [1.165, 1.54) is 5.56 Å². The molecule has 31 heavy (non-hydrogen) atoms. The van der Waals surface area contributed by atoms with Crippen molar-refractivity contribution in [1.82, 2.24) is 9.55 Å². The first-order chi connectivity index (χ1) is 15.0. The smallest absolute Gasteiger partial charge is 0.136 e. The molecule has 6 heteroatoms. The average Bonchev–Trinajstić information content (AvgIpc) is 3.00. The number of aryl methyl sites for hydroxylation is 1. The number of benzene rings is 1. The second kappa shape index (κ2) is 9.00. The minimum absolute atomic E-state index is 0.0281. The van der Waals surface area contributed by atoms with Crippen molar-refractivity contribution >= 4 is 23.9 Å². The molecule has 2 aliphatic rings. The molecule has 0 saturated carbocycles. The van der Waals surface area contributed by atoms with Gasteiger partial charge in [-0.1, -0.05) is 24.6 Å². The number of nitrogens with zero attached hydrogens (tertiary/aromatic N) is 2. The van der Waals surface area contributed by atoms with Crippen molar-refractivity contribution < 1.29 is 9.84 Å². The summed E-state index contributed by atoms with van der Waals surface area (Å²) in [6, 6.07) is 6.23. The van der Waals surface area contributed by atoms with Crippen molar-refractivity contribution in [2.45, 2.75) is 19.8 Å². The zero-order valence-electron chi connectivity index (χ0n) is 17.7. The number of hydrogen-bond donors (Lipinski definition) is 2. The zero-order chi connectivity index (χ0) is 22.0. The molecule has 0 amide bonds. The van der Waals surface area contributed by atoms with Gasteiger partial charge in [-0.3, -0.25) is 4.57 Å². The van der Waals surface area contributed by atoms with Gasteiger partial charge in [-0.25, -0.2) is 4.98 Å². The van der Waals surface area contributed by atoms with Crippen LogP contribution in [0.3, 0.4) is 0 Å². The summed E-state index contributed by atoms with van der Waals surface area (Å²) >= 11 is 6.62. The van der Waals surface area contributed by atoms with Crippen LogP contribution in [0.4, 0.5) is 0 Å². The lowest BCUT2D eigenvalue weighted by Crippen LogP contribution is -2.15. The lowest BCUT2D eigenvalue weighted by molar-refractivity contribution is 0.414. The van der Waals surface area contributed by atoms with Crippen LogP contribution in [0.1, 0.15) is 24.7 Å². The van der Waals surface area contributed by atoms with Crippen LogP contribution in [0.15, 0.2) is 70.6 Å². The number of nitrogens with two attached hydrogens (primary N) is 1. The summed E-state index contributed by atoms with van der Waals surface area (Å²) in [6.45, 7) is 2.56. The first kappa shape index (κ1) is 21.2. The molecule has 0 spiro atoms. The van der Waals surface area contributed by atoms with Crippen molar-refractivity contribution in [3.05, 3.63) is 82.0 Å². The van der Waals surface area contributed by atoms with Gasteiger partial charge in [0.05, 0.1) is 19.0 Å². The lowest BCUT2D eigenvalue weighted by atomic mass is 9.92. The van der Waals surface area contributed by atoms with Crippen molar-refractivity contribution in [1.29, 1.82) is 0 Å². The van der Waals surface area contributed by atoms with E-state index in [0.29, 0.717) is 18.0 Å². The van der Waals surface area contributed by atoms with E-state index in [2.05, 4.69) is 40.9 Å². The third kappa shape index (κ3) is 4.24. The number of halogens is 1. The van der Waals surface area contributed by atoms with Crippen LogP contribution in [0.5, 0.6) is 5.75 Å². The first-order valence-electron chi connectivity index (χ1n) is 10.4. The van der Waals surface area contributed by atoms with E-state index in [1.807, 2.05) is 24.4 Å². The molecule has 0 bridgehead atoms. The van der Waals surface area contributed by atoms with Crippen LogP contribution in [-0.4, -0.2) is 28.3 Å². The molecular weight excluding hydrogens is 410 g/mol. The summed E-state index contributed by atoms with van der Waals surface area (Å²) in [5, 5.41) is 10.6. The monoisotopic (exact) mass is 435 g/mol. The minimum Gasteiger partial charge on any atom is -0.508 e. The fraction of sp³-hybridized carbons (Fsp3) is 0.240. The van der Waals surface area contributed by atoms with Gasteiger partial charge < -0.3 is 15.6 Å². The normalized spacial score (nSPS) is 18.3. The molecule has 1 atom stereocenters. The molecule has 1 aromatic carbocycles. The summed E-state index contributed by atoms with van der Waals surface area (Å²) in [5.41, 5.74) is 11.2. The number of ether oxygens (including phenoxy) is 1. The van der Waals surface area contributed by atoms with Gasteiger partial charge in [0, 0.05) is 35.7 Å². The van der Waals surface area contributed by atoms with Gasteiger partial charge in [-0.05, 0) is 65.6 Å². The molecule has 3 N–H and O–H groups in total. The molecular formula is C25H26ClN3O2. The molecule has 0 radical (unpaired) electrons. The molecule has 0 fully saturated rings. The van der Waals surface area contributed by atoms with Crippen molar-refractivity contribution in [3.63, 3.8) is 0 Å². The Kier molecular flexibility index (Phi) is 6.16. The average molecular weight is 436 g/mol. The highest BCUT2D eigenvalue weighted by atomic mass is 35.5. The van der Waals surface area contributed by atoms with Crippen LogP contribution >= 0.6 is 11.6 Å². The molecule has 1 unspecified atom stereocenters. The molecule has 5 nitrogen and oxygen atoms in total. The Bertz CT molecular complexity index is 1130. The molecule has 2 aromatic rings. The van der Waals surface area contributed by atoms with E-state index < -0.39 is 0 Å². The summed E-state index contributed by atoms with van der Waals surface area (Å²) in [7, 11) is 1.68. The number of fused-ring (bicyclic) bond motifs is 1. The van der Waals surface area contributed by atoms with Gasteiger partial charge in [0.15, 0.2) is 0 Å². The van der Waals surface area contributed by atoms with Gasteiger partial charge in [-0.2, -0.15) is 0 Å². The summed E-state index contributed by atoms with van der Waals surface area (Å²) < 4.78 is 7.58. The van der Waals surface area contributed by atoms with Gasteiger partial charge >= 0.3 is 0 Å². The van der Waals surface area contributed by atoms with Crippen LogP contribution in [-0.2, 0) is 6.42 Å². The van der Waals surface area contributed by atoms with E-state index in [4.69, 9.17) is 22.1 Å². The number of allylic oxidation sites excluding steroid dienone is 5. The standard InChI is InChI=1S/C25H26ClN3O2/c1-3-16-10-18(12-20(11-16)31-2)24-14-28-25-9-4-17(13-27)22(15-29(24)25)21-7-5-19(30)6-8-23(21)26/h4-7,9-12,14-15,17,30H,3,8,13,27H2,1-2H3. The van der Waals surface area contributed by atoms with Crippen LogP contribution in [0.25, 0.3) is 23.5 Å². The molecule has 0 saturated heterocycles. The highest BCUT2D eigenvalue weighted by Gasteiger charge is 2.22. The van der Waals surface area contributed by atoms with Crippen LogP contribution < -0.4 is 10.5 Å². The number of rotatable bonds is 5. The highest BCUT2D eigenvalue weighted by Crippen LogP contribution is 2.35. The third-order valence-electron chi connectivity index (χ3n) is 5.65. The summed E-state index contributed by atoms with van der Waals surface area (Å²) in [4.78, 5) is 4.63. The Balaban J connectivity index is 1.89. The van der Waals surface area contributed by atoms with E-state index in [1.54, 1.807) is 19.3 Å². The van der Waals surface area contributed by atoms with Gasteiger partial charge in [0.25, 0.3) is 0 Å². The Morgan fingerprint density at radius 3 is 2.84 bits per heavy atom. The minimum atomic E-state index is -0.0281. The lowest BCUT2D eigenvalue weighted by Gasteiger charge is -2.18. The maximum Gasteiger partial charge on any atom is 0.136 e. The Hall–Kier alpha value is -3.02. The van der Waals surface area contributed by atoms with E-state index >= 15 is 0 Å². The second-order valence-corrected chi connectivity index (χ2v) is 8.02. The fourth-order valence-electron chi connectivity index (χ4n) is 3.88. The van der Waals surface area contributed by atoms with Crippen LogP contribution in [0, 0.1) is 5.92 Å². The zero-order valence-corrected chi connectivity index (χ0v) is 18.4. The molecule has 160 valence electrons. The maximum atomic E-state index is 9.92. The van der Waals surface area contributed by atoms with Crippen molar-refractivity contribution in [2.24, 2.45) is 11.7 Å². The van der Waals surface area contributed by atoms with E-state index in [0.717, 1.165) is 40.4 Å². The number of aliphatic hydroxyl groups is 1. The highest BCUT2D eigenvalue weighted by molar-refractivity contribution is 6.30. The number of aromatic nitrogens is 2. The molecule has 1 aliphatic heterocycles.